The van der Waals surface area contributed by atoms with E-state index in [4.69, 9.17) is 15.9 Å². The molecule has 2 saturated heterocycles. The molecular formula is C19H22N6O3. The van der Waals surface area contributed by atoms with Gasteiger partial charge in [0, 0.05) is 37.5 Å². The molecule has 4 atom stereocenters. The quantitative estimate of drug-likeness (QED) is 0.508. The molecule has 2 aliphatic heterocycles. The van der Waals surface area contributed by atoms with Gasteiger partial charge in [-0.25, -0.2) is 4.79 Å². The van der Waals surface area contributed by atoms with Crippen molar-refractivity contribution < 1.29 is 14.3 Å². The fourth-order valence-corrected chi connectivity index (χ4v) is 4.50. The van der Waals surface area contributed by atoms with Gasteiger partial charge in [-0.1, -0.05) is 12.1 Å². The molecule has 28 heavy (non-hydrogen) atoms. The van der Waals surface area contributed by atoms with Crippen molar-refractivity contribution in [3.8, 4) is 6.07 Å². The third kappa shape index (κ3) is 2.72. The van der Waals surface area contributed by atoms with Gasteiger partial charge in [0.1, 0.15) is 6.10 Å². The highest BCUT2D eigenvalue weighted by Crippen LogP contribution is 2.63. The van der Waals surface area contributed by atoms with E-state index in [0.29, 0.717) is 25.3 Å². The maximum Gasteiger partial charge on any atom is 0.414 e. The Morgan fingerprint density at radius 1 is 1.36 bits per heavy atom. The third-order valence-corrected chi connectivity index (χ3v) is 6.02. The summed E-state index contributed by atoms with van der Waals surface area (Å²) in [5, 5.41) is 20.0. The molecule has 3 fully saturated rings. The Balaban J connectivity index is 1.45. The lowest BCUT2D eigenvalue weighted by Gasteiger charge is -2.23. The fourth-order valence-electron chi connectivity index (χ4n) is 4.50. The van der Waals surface area contributed by atoms with Gasteiger partial charge in [0.2, 0.25) is 5.91 Å². The molecule has 1 saturated carbocycles. The first-order valence-electron chi connectivity index (χ1n) is 9.20. The van der Waals surface area contributed by atoms with Gasteiger partial charge in [-0.15, -0.1) is 0 Å². The standard InChI is InChI=1S/C19H22N6O3/c1-11(26)23-6-14-7-25(18(27)28-14)13-4-2-12(3-5-13)19(10-20)15-8-24(17(21)22)9-16(15)19/h2-5,14-16H,6-9H2,1H3,(H3,21,22)(H,23,26)/t14-,15-,16+,19?/m0/s1. The number of amides is 2. The molecule has 1 aromatic rings. The van der Waals surface area contributed by atoms with Crippen molar-refractivity contribution in [2.24, 2.45) is 17.6 Å². The Morgan fingerprint density at radius 2 is 2.00 bits per heavy atom. The minimum Gasteiger partial charge on any atom is -0.442 e. The van der Waals surface area contributed by atoms with E-state index in [2.05, 4.69) is 11.4 Å². The number of hydrogen-bond acceptors (Lipinski definition) is 5. The number of nitriles is 1. The smallest absolute Gasteiger partial charge is 0.414 e. The predicted octanol–water partition coefficient (Wildman–Crippen LogP) is 0.364. The molecule has 0 bridgehead atoms. The molecule has 0 radical (unpaired) electrons. The summed E-state index contributed by atoms with van der Waals surface area (Å²) < 4.78 is 5.29. The highest BCUT2D eigenvalue weighted by atomic mass is 16.6. The maximum atomic E-state index is 12.1. The van der Waals surface area contributed by atoms with E-state index in [9.17, 15) is 14.9 Å². The van der Waals surface area contributed by atoms with Gasteiger partial charge in [-0.05, 0) is 17.7 Å². The second kappa shape index (κ2) is 6.41. The molecule has 4 N–H and O–H groups in total. The zero-order chi connectivity index (χ0) is 20.1. The van der Waals surface area contributed by atoms with Gasteiger partial charge in [0.05, 0.1) is 24.6 Å². The van der Waals surface area contributed by atoms with E-state index in [-0.39, 0.29) is 36.4 Å². The zero-order valence-electron chi connectivity index (χ0n) is 15.5. The van der Waals surface area contributed by atoms with Crippen LogP contribution in [0.25, 0.3) is 0 Å². The molecular weight excluding hydrogens is 360 g/mol. The van der Waals surface area contributed by atoms with Crippen molar-refractivity contribution in [1.29, 1.82) is 10.7 Å². The van der Waals surface area contributed by atoms with Crippen LogP contribution >= 0.6 is 0 Å². The van der Waals surface area contributed by atoms with E-state index >= 15 is 0 Å². The van der Waals surface area contributed by atoms with Crippen molar-refractivity contribution in [1.82, 2.24) is 10.2 Å². The third-order valence-electron chi connectivity index (χ3n) is 6.02. The molecule has 9 heteroatoms. The Bertz CT molecular complexity index is 865. The van der Waals surface area contributed by atoms with Crippen LogP contribution < -0.4 is 16.0 Å². The lowest BCUT2D eigenvalue weighted by Crippen LogP contribution is -2.38. The Kier molecular flexibility index (Phi) is 4.14. The van der Waals surface area contributed by atoms with E-state index in [0.717, 1.165) is 5.56 Å². The molecule has 3 aliphatic rings. The van der Waals surface area contributed by atoms with Crippen molar-refractivity contribution in [2.45, 2.75) is 18.4 Å². The summed E-state index contributed by atoms with van der Waals surface area (Å²) >= 11 is 0. The van der Waals surface area contributed by atoms with Crippen LogP contribution in [0.5, 0.6) is 0 Å². The largest absolute Gasteiger partial charge is 0.442 e. The minimum atomic E-state index is -0.538. The monoisotopic (exact) mass is 382 g/mol. The van der Waals surface area contributed by atoms with E-state index < -0.39 is 11.5 Å². The van der Waals surface area contributed by atoms with Gasteiger partial charge in [-0.2, -0.15) is 5.26 Å². The van der Waals surface area contributed by atoms with Gasteiger partial charge in [0.15, 0.2) is 5.96 Å². The SMILES string of the molecule is CC(=O)NC[C@H]1CN(c2ccc(C3(C#N)[C@@H]4CN(C(=N)N)C[C@@H]43)cc2)C(=O)O1. The number of benzene rings is 1. The highest BCUT2D eigenvalue weighted by molar-refractivity contribution is 5.90. The number of guanidine groups is 1. The average Bonchev–Trinajstić information content (AvgIpc) is 2.99. The van der Waals surface area contributed by atoms with Crippen LogP contribution in [-0.4, -0.2) is 55.1 Å². The zero-order valence-corrected chi connectivity index (χ0v) is 15.5. The number of carbonyl (C=O) groups excluding carboxylic acids is 2. The Hall–Kier alpha value is -3.28. The van der Waals surface area contributed by atoms with Gasteiger partial charge < -0.3 is 20.7 Å². The van der Waals surface area contributed by atoms with Crippen molar-refractivity contribution in [3.63, 3.8) is 0 Å². The van der Waals surface area contributed by atoms with Gasteiger partial charge in [-0.3, -0.25) is 15.1 Å². The molecule has 1 aliphatic carbocycles. The molecule has 9 nitrogen and oxygen atoms in total. The summed E-state index contributed by atoms with van der Waals surface area (Å²) in [7, 11) is 0. The average molecular weight is 382 g/mol. The number of nitrogens with two attached hydrogens (primary N) is 1. The number of fused-ring (bicyclic) bond motifs is 1. The van der Waals surface area contributed by atoms with Crippen molar-refractivity contribution in [3.05, 3.63) is 29.8 Å². The predicted molar refractivity (Wildman–Crippen MR) is 100 cm³/mol. The van der Waals surface area contributed by atoms with E-state index in [1.807, 2.05) is 24.3 Å². The van der Waals surface area contributed by atoms with Crippen LogP contribution in [0.1, 0.15) is 12.5 Å². The number of carbonyl (C=O) groups is 2. The second-order valence-electron chi connectivity index (χ2n) is 7.58. The molecule has 4 rings (SSSR count). The number of likely N-dealkylation sites (tertiary alicyclic amines) is 1. The number of cyclic esters (lactones) is 1. The van der Waals surface area contributed by atoms with Crippen LogP contribution in [0.3, 0.4) is 0 Å². The Morgan fingerprint density at radius 3 is 2.54 bits per heavy atom. The number of ether oxygens (including phenoxy) is 1. The van der Waals surface area contributed by atoms with Crippen molar-refractivity contribution in [2.75, 3.05) is 31.1 Å². The summed E-state index contributed by atoms with van der Waals surface area (Å²) in [4.78, 5) is 26.5. The summed E-state index contributed by atoms with van der Waals surface area (Å²) in [6.07, 6.45) is -0.833. The summed E-state index contributed by atoms with van der Waals surface area (Å²) in [6.45, 7) is 3.31. The molecule has 2 heterocycles. The number of nitrogens with zero attached hydrogens (tertiary/aromatic N) is 3. The number of hydrogen-bond donors (Lipinski definition) is 3. The molecule has 2 amide bonds. The molecule has 146 valence electrons. The van der Waals surface area contributed by atoms with E-state index in [1.165, 1.54) is 11.8 Å². The fraction of sp³-hybridized carbons (Fsp3) is 0.474. The van der Waals surface area contributed by atoms with Crippen LogP contribution in [0.4, 0.5) is 10.5 Å². The number of piperidine rings is 1. The molecule has 0 spiro atoms. The Labute approximate surface area is 162 Å². The highest BCUT2D eigenvalue weighted by Gasteiger charge is 2.70. The topological polar surface area (TPSA) is 136 Å². The number of nitrogens with one attached hydrogen (secondary N) is 2. The van der Waals surface area contributed by atoms with Crippen LogP contribution in [0, 0.1) is 28.6 Å². The first-order chi connectivity index (χ1) is 13.4. The summed E-state index contributed by atoms with van der Waals surface area (Å²) in [5.41, 5.74) is 6.64. The van der Waals surface area contributed by atoms with Gasteiger partial charge >= 0.3 is 6.09 Å². The van der Waals surface area contributed by atoms with Crippen LogP contribution in [-0.2, 0) is 14.9 Å². The normalized spacial score (nSPS) is 30.4. The second-order valence-corrected chi connectivity index (χ2v) is 7.58. The molecule has 1 aromatic carbocycles. The van der Waals surface area contributed by atoms with E-state index in [1.54, 1.807) is 4.90 Å². The number of anilines is 1. The first kappa shape index (κ1) is 18.1. The maximum absolute atomic E-state index is 12.1. The van der Waals surface area contributed by atoms with Crippen LogP contribution in [0.15, 0.2) is 24.3 Å². The minimum absolute atomic E-state index is 0.0516. The van der Waals surface area contributed by atoms with Crippen LogP contribution in [0.2, 0.25) is 0 Å². The van der Waals surface area contributed by atoms with Gasteiger partial charge in [0.25, 0.3) is 0 Å². The summed E-state index contributed by atoms with van der Waals surface area (Å²) in [6, 6.07) is 9.92. The number of rotatable bonds is 4. The van der Waals surface area contributed by atoms with Crippen molar-refractivity contribution >= 4 is 23.6 Å². The first-order valence-corrected chi connectivity index (χ1v) is 9.20. The lowest BCUT2D eigenvalue weighted by atomic mass is 9.91. The summed E-state index contributed by atoms with van der Waals surface area (Å²) in [5.74, 6) is 0.229. The lowest BCUT2D eigenvalue weighted by molar-refractivity contribution is -0.119. The molecule has 1 unspecified atom stereocenters. The molecule has 0 aromatic heterocycles.